The van der Waals surface area contributed by atoms with Gasteiger partial charge in [-0.15, -0.1) is 11.3 Å². The monoisotopic (exact) mass is 431 g/mol. The van der Waals surface area contributed by atoms with E-state index in [9.17, 15) is 8.42 Å². The number of benzene rings is 2. The Balaban J connectivity index is 1.68. The molecule has 28 heavy (non-hydrogen) atoms. The average Bonchev–Trinajstić information content (AvgIpc) is 3.14. The molecule has 0 saturated heterocycles. The Morgan fingerprint density at radius 3 is 2.25 bits per heavy atom. The molecule has 3 rings (SSSR count). The average molecular weight is 432 g/mol. The van der Waals surface area contributed by atoms with E-state index < -0.39 is 9.84 Å². The van der Waals surface area contributed by atoms with E-state index >= 15 is 0 Å². The minimum absolute atomic E-state index is 0.358. The normalized spacial score (nSPS) is 12.0. The van der Waals surface area contributed by atoms with Crippen molar-refractivity contribution in [3.8, 4) is 10.4 Å². The van der Waals surface area contributed by atoms with E-state index in [1.54, 1.807) is 23.5 Å². The van der Waals surface area contributed by atoms with E-state index in [4.69, 9.17) is 0 Å². The summed E-state index contributed by atoms with van der Waals surface area (Å²) in [7, 11) is -3.16. The van der Waals surface area contributed by atoms with Gasteiger partial charge >= 0.3 is 0 Å². The molecule has 0 amide bonds. The first-order valence-electron chi connectivity index (χ1n) is 9.15. The Hall–Kier alpha value is -1.60. The van der Waals surface area contributed by atoms with E-state index in [2.05, 4.69) is 54.6 Å². The highest BCUT2D eigenvalue weighted by Crippen LogP contribution is 2.31. The zero-order chi connectivity index (χ0) is 20.1. The lowest BCUT2D eigenvalue weighted by molar-refractivity contribution is 0.393. The highest BCUT2D eigenvalue weighted by Gasteiger charge is 2.14. The van der Waals surface area contributed by atoms with Gasteiger partial charge in [-0.3, -0.25) is 0 Å². The molecule has 148 valence electrons. The molecule has 0 unspecified atom stereocenters. The molecule has 1 aromatic heterocycles. The Morgan fingerprint density at radius 1 is 0.964 bits per heavy atom. The van der Waals surface area contributed by atoms with Crippen LogP contribution in [0.1, 0.15) is 24.3 Å². The first-order chi connectivity index (χ1) is 13.3. The van der Waals surface area contributed by atoms with Gasteiger partial charge in [0.2, 0.25) is 0 Å². The molecular weight excluding hydrogens is 406 g/mol. The van der Waals surface area contributed by atoms with E-state index in [-0.39, 0.29) is 0 Å². The Bertz CT molecular complexity index is 994. The van der Waals surface area contributed by atoms with E-state index in [0.29, 0.717) is 10.9 Å². The first-order valence-corrected chi connectivity index (χ1v) is 12.8. The second-order valence-corrected chi connectivity index (χ2v) is 11.2. The van der Waals surface area contributed by atoms with Crippen LogP contribution in [0, 0.1) is 0 Å². The molecule has 0 N–H and O–H groups in total. The zero-order valence-electron chi connectivity index (χ0n) is 16.3. The molecule has 0 aliphatic rings. The van der Waals surface area contributed by atoms with Crippen molar-refractivity contribution >= 4 is 33.1 Å². The highest BCUT2D eigenvalue weighted by atomic mass is 32.2. The van der Waals surface area contributed by atoms with Gasteiger partial charge in [-0.2, -0.15) is 0 Å². The highest BCUT2D eigenvalue weighted by molar-refractivity contribution is 7.96. The van der Waals surface area contributed by atoms with Crippen molar-refractivity contribution in [2.24, 2.45) is 0 Å². The topological polar surface area (TPSA) is 37.4 Å². The predicted molar refractivity (Wildman–Crippen MR) is 121 cm³/mol. The summed E-state index contributed by atoms with van der Waals surface area (Å²) in [5.41, 5.74) is 2.38. The third kappa shape index (κ3) is 5.70. The van der Waals surface area contributed by atoms with Gasteiger partial charge in [0.1, 0.15) is 0 Å². The standard InChI is InChI=1S/C22H25NO2S3/c1-17(2)23(26-16-18-7-5-4-6-8-18)15-20-11-14-22(27-20)19-9-12-21(13-10-19)28(3,24)25/h4-14,17H,15-16H2,1-3H3. The fourth-order valence-corrected chi connectivity index (χ4v) is 5.51. The largest absolute Gasteiger partial charge is 0.243 e. The van der Waals surface area contributed by atoms with Gasteiger partial charge in [0.05, 0.1) is 4.90 Å². The van der Waals surface area contributed by atoms with Crippen LogP contribution in [0.2, 0.25) is 0 Å². The number of hydrogen-bond donors (Lipinski definition) is 0. The quantitative estimate of drug-likeness (QED) is 0.418. The molecule has 0 aliphatic carbocycles. The van der Waals surface area contributed by atoms with Gasteiger partial charge in [0.25, 0.3) is 0 Å². The summed E-state index contributed by atoms with van der Waals surface area (Å²) in [5, 5.41) is 0. The molecule has 0 bridgehead atoms. The van der Waals surface area contributed by atoms with Crippen LogP contribution >= 0.6 is 23.3 Å². The summed E-state index contributed by atoms with van der Waals surface area (Å²) < 4.78 is 25.7. The maximum Gasteiger partial charge on any atom is 0.175 e. The minimum Gasteiger partial charge on any atom is -0.243 e. The maximum absolute atomic E-state index is 11.6. The van der Waals surface area contributed by atoms with Gasteiger partial charge in [-0.25, -0.2) is 12.7 Å². The maximum atomic E-state index is 11.6. The van der Waals surface area contributed by atoms with Crippen molar-refractivity contribution in [1.29, 1.82) is 0 Å². The number of thiophene rings is 1. The number of nitrogens with zero attached hydrogens (tertiary/aromatic N) is 1. The summed E-state index contributed by atoms with van der Waals surface area (Å²) in [6.45, 7) is 5.33. The molecule has 0 aliphatic heterocycles. The fourth-order valence-electron chi connectivity index (χ4n) is 2.75. The van der Waals surface area contributed by atoms with E-state index in [0.717, 1.165) is 22.7 Å². The molecule has 0 fully saturated rings. The molecule has 0 radical (unpaired) electrons. The molecular formula is C22H25NO2S3. The van der Waals surface area contributed by atoms with Gasteiger partial charge in [0, 0.05) is 34.3 Å². The second-order valence-electron chi connectivity index (χ2n) is 6.99. The van der Waals surface area contributed by atoms with Crippen LogP contribution in [0.25, 0.3) is 10.4 Å². The lowest BCUT2D eigenvalue weighted by Gasteiger charge is -2.24. The van der Waals surface area contributed by atoms with Crippen molar-refractivity contribution in [2.75, 3.05) is 6.26 Å². The number of sulfone groups is 1. The lowest BCUT2D eigenvalue weighted by Crippen LogP contribution is -2.23. The fraction of sp³-hybridized carbons (Fsp3) is 0.273. The van der Waals surface area contributed by atoms with Crippen LogP contribution in [-0.2, 0) is 22.1 Å². The van der Waals surface area contributed by atoms with Crippen LogP contribution in [0.15, 0.2) is 71.6 Å². The van der Waals surface area contributed by atoms with Crippen molar-refractivity contribution < 1.29 is 8.42 Å². The summed E-state index contributed by atoms with van der Waals surface area (Å²) in [6, 6.07) is 22.4. The SMILES string of the molecule is CC(C)N(Cc1ccc(-c2ccc(S(C)(=O)=O)cc2)s1)SCc1ccccc1. The molecule has 0 saturated carbocycles. The van der Waals surface area contributed by atoms with Crippen molar-refractivity contribution in [1.82, 2.24) is 4.31 Å². The molecule has 6 heteroatoms. The second kappa shape index (κ2) is 9.27. The summed E-state index contributed by atoms with van der Waals surface area (Å²) in [5.74, 6) is 0.963. The third-order valence-electron chi connectivity index (χ3n) is 4.36. The Morgan fingerprint density at radius 2 is 1.64 bits per heavy atom. The van der Waals surface area contributed by atoms with E-state index in [1.165, 1.54) is 16.7 Å². The molecule has 0 atom stereocenters. The van der Waals surface area contributed by atoms with Crippen molar-refractivity contribution in [3.05, 3.63) is 77.2 Å². The van der Waals surface area contributed by atoms with E-state index in [1.807, 2.05) is 30.1 Å². The van der Waals surface area contributed by atoms with Gasteiger partial charge in [-0.05, 0) is 49.2 Å². The lowest BCUT2D eigenvalue weighted by atomic mass is 10.2. The summed E-state index contributed by atoms with van der Waals surface area (Å²) in [6.07, 6.45) is 1.23. The van der Waals surface area contributed by atoms with Crippen LogP contribution in [0.4, 0.5) is 0 Å². The summed E-state index contributed by atoms with van der Waals surface area (Å²) >= 11 is 3.62. The molecule has 0 spiro atoms. The van der Waals surface area contributed by atoms with Gasteiger partial charge in [-0.1, -0.05) is 54.4 Å². The Kier molecular flexibility index (Phi) is 6.99. The van der Waals surface area contributed by atoms with Gasteiger partial charge < -0.3 is 0 Å². The van der Waals surface area contributed by atoms with Crippen LogP contribution in [0.5, 0.6) is 0 Å². The molecule has 3 nitrogen and oxygen atoms in total. The summed E-state index contributed by atoms with van der Waals surface area (Å²) in [4.78, 5) is 2.82. The first kappa shape index (κ1) is 21.1. The van der Waals surface area contributed by atoms with Crippen LogP contribution < -0.4 is 0 Å². The number of hydrogen-bond acceptors (Lipinski definition) is 5. The van der Waals surface area contributed by atoms with Crippen LogP contribution in [-0.4, -0.2) is 25.0 Å². The Labute approximate surface area is 176 Å². The molecule has 2 aromatic carbocycles. The molecule has 1 heterocycles. The predicted octanol–water partition coefficient (Wildman–Crippen LogP) is 5.88. The third-order valence-corrected chi connectivity index (χ3v) is 7.95. The van der Waals surface area contributed by atoms with Crippen molar-refractivity contribution in [2.45, 2.75) is 37.1 Å². The molecule has 3 aromatic rings. The minimum atomic E-state index is -3.16. The van der Waals surface area contributed by atoms with Crippen LogP contribution in [0.3, 0.4) is 0 Å². The smallest absolute Gasteiger partial charge is 0.175 e. The zero-order valence-corrected chi connectivity index (χ0v) is 18.8. The number of rotatable bonds is 8. The van der Waals surface area contributed by atoms with Gasteiger partial charge in [0.15, 0.2) is 9.84 Å². The van der Waals surface area contributed by atoms with Crippen molar-refractivity contribution in [3.63, 3.8) is 0 Å².